The van der Waals surface area contributed by atoms with Gasteiger partial charge in [0.2, 0.25) is 0 Å². The third-order valence-corrected chi connectivity index (χ3v) is 8.95. The second-order valence-electron chi connectivity index (χ2n) is 12.3. The molecule has 46 heavy (non-hydrogen) atoms. The summed E-state index contributed by atoms with van der Waals surface area (Å²) >= 11 is 0. The van der Waals surface area contributed by atoms with Crippen molar-refractivity contribution in [3.05, 3.63) is 113 Å². The molecule has 6 heteroatoms. The highest BCUT2D eigenvalue weighted by atomic mass is 16.5. The third-order valence-electron chi connectivity index (χ3n) is 8.95. The van der Waals surface area contributed by atoms with Gasteiger partial charge in [-0.1, -0.05) is 86.5 Å². The fourth-order valence-electron chi connectivity index (χ4n) is 6.20. The van der Waals surface area contributed by atoms with Crippen LogP contribution in [0.15, 0.2) is 79.9 Å². The molecular formula is C40H52N4O2. The number of hydrogen-bond acceptors (Lipinski definition) is 5. The summed E-state index contributed by atoms with van der Waals surface area (Å²) in [5, 5.41) is 12.6. The van der Waals surface area contributed by atoms with Gasteiger partial charge in [-0.25, -0.2) is 0 Å². The number of carbonyl (C=O) groups excluding carboxylic acids is 1. The first-order chi connectivity index (χ1) is 22.6. The molecule has 6 nitrogen and oxygen atoms in total. The Morgan fingerprint density at radius 3 is 2.50 bits per heavy atom. The van der Waals surface area contributed by atoms with Crippen LogP contribution in [0.2, 0.25) is 0 Å². The van der Waals surface area contributed by atoms with Crippen molar-refractivity contribution in [3.8, 4) is 5.75 Å². The first kappa shape index (κ1) is 34.9. The summed E-state index contributed by atoms with van der Waals surface area (Å²) in [6, 6.07) is 21.9. The Balaban J connectivity index is 1.17. The van der Waals surface area contributed by atoms with Crippen LogP contribution in [-0.2, 0) is 37.1 Å². The quantitative estimate of drug-likeness (QED) is 0.0526. The number of methoxy groups -OCH3 is 1. The van der Waals surface area contributed by atoms with Gasteiger partial charge < -0.3 is 14.8 Å². The van der Waals surface area contributed by atoms with Crippen LogP contribution in [0.25, 0.3) is 17.0 Å². The summed E-state index contributed by atoms with van der Waals surface area (Å²) < 4.78 is 5.69. The standard InChI is InChI=1S/C40H52N4O2/c1-5-33-22-21-32(26-35(33)30-44(3)36(6-2)19-15-25-45)18-11-8-7-9-14-24-41-29-39-37-27-34(23-20-31-16-12-10-13-17-31)40(46-4)28-38(37)42-43-39/h5-6,10,12-13,16-17,21-22,25-28,36,41H,1-2,7-9,11,14-15,18-20,23-24,29-30H2,3-4H3,(H,42,43). The second kappa shape index (κ2) is 18.8. The zero-order chi connectivity index (χ0) is 32.6. The number of H-pyrrole nitrogens is 1. The Hall–Kier alpha value is -4.00. The number of benzene rings is 3. The average Bonchev–Trinajstić information content (AvgIpc) is 3.48. The molecule has 0 aliphatic heterocycles. The predicted molar refractivity (Wildman–Crippen MR) is 192 cm³/mol. The molecule has 0 saturated carbocycles. The van der Waals surface area contributed by atoms with Crippen LogP contribution in [0.3, 0.4) is 0 Å². The molecule has 3 aromatic carbocycles. The van der Waals surface area contributed by atoms with E-state index >= 15 is 0 Å². The lowest BCUT2D eigenvalue weighted by molar-refractivity contribution is -0.108. The molecule has 4 rings (SSSR count). The normalized spacial score (nSPS) is 12.0. The fourth-order valence-corrected chi connectivity index (χ4v) is 6.20. The van der Waals surface area contributed by atoms with E-state index in [0.29, 0.717) is 6.42 Å². The van der Waals surface area contributed by atoms with Gasteiger partial charge in [-0.05, 0) is 86.0 Å². The van der Waals surface area contributed by atoms with Crippen molar-refractivity contribution in [1.82, 2.24) is 20.4 Å². The molecule has 0 saturated heterocycles. The lowest BCUT2D eigenvalue weighted by Crippen LogP contribution is -2.29. The van der Waals surface area contributed by atoms with E-state index in [2.05, 4.69) is 101 Å². The molecule has 0 radical (unpaired) electrons. The molecular weight excluding hydrogens is 568 g/mol. The van der Waals surface area contributed by atoms with Gasteiger partial charge in [-0.3, -0.25) is 10.00 Å². The van der Waals surface area contributed by atoms with E-state index in [1.54, 1.807) is 7.11 Å². The van der Waals surface area contributed by atoms with E-state index in [1.807, 2.05) is 12.2 Å². The van der Waals surface area contributed by atoms with Crippen LogP contribution >= 0.6 is 0 Å². The van der Waals surface area contributed by atoms with Gasteiger partial charge in [0.1, 0.15) is 12.0 Å². The number of aromatic nitrogens is 2. The molecule has 0 spiro atoms. The lowest BCUT2D eigenvalue weighted by atomic mass is 9.98. The summed E-state index contributed by atoms with van der Waals surface area (Å²) in [7, 11) is 3.84. The van der Waals surface area contributed by atoms with Crippen LogP contribution in [0.4, 0.5) is 0 Å². The van der Waals surface area contributed by atoms with Gasteiger partial charge in [-0.15, -0.1) is 6.58 Å². The van der Waals surface area contributed by atoms with Crippen LogP contribution in [0, 0.1) is 0 Å². The summed E-state index contributed by atoms with van der Waals surface area (Å²) in [5.41, 5.74) is 8.47. The summed E-state index contributed by atoms with van der Waals surface area (Å²) in [6.45, 7) is 10.6. The Morgan fingerprint density at radius 2 is 1.74 bits per heavy atom. The number of unbranched alkanes of at least 4 members (excludes halogenated alkanes) is 4. The van der Waals surface area contributed by atoms with Crippen molar-refractivity contribution in [1.29, 1.82) is 0 Å². The van der Waals surface area contributed by atoms with E-state index < -0.39 is 0 Å². The minimum Gasteiger partial charge on any atom is -0.496 e. The number of hydrogen-bond donors (Lipinski definition) is 2. The van der Waals surface area contributed by atoms with Crippen molar-refractivity contribution in [3.63, 3.8) is 0 Å². The number of likely N-dealkylation sites (N-methyl/N-ethyl adjacent to an activating group) is 1. The highest BCUT2D eigenvalue weighted by Crippen LogP contribution is 2.28. The zero-order valence-electron chi connectivity index (χ0n) is 27.9. The van der Waals surface area contributed by atoms with Crippen LogP contribution in [-0.4, -0.2) is 48.1 Å². The molecule has 1 heterocycles. The monoisotopic (exact) mass is 620 g/mol. The number of aldehydes is 1. The maximum Gasteiger partial charge on any atom is 0.124 e. The highest BCUT2D eigenvalue weighted by molar-refractivity contribution is 5.84. The fraction of sp³-hybridized carbons (Fsp3) is 0.400. The van der Waals surface area contributed by atoms with Gasteiger partial charge >= 0.3 is 0 Å². The van der Waals surface area contributed by atoms with Crippen LogP contribution in [0.5, 0.6) is 5.75 Å². The number of aromatic amines is 1. The number of carbonyl (C=O) groups is 1. The zero-order valence-corrected chi connectivity index (χ0v) is 27.9. The van der Waals surface area contributed by atoms with Crippen molar-refractivity contribution in [2.24, 2.45) is 0 Å². The van der Waals surface area contributed by atoms with Gasteiger partial charge in [0.15, 0.2) is 0 Å². The van der Waals surface area contributed by atoms with Gasteiger partial charge in [-0.2, -0.15) is 5.10 Å². The molecule has 1 aromatic heterocycles. The lowest BCUT2D eigenvalue weighted by Gasteiger charge is -2.26. The van der Waals surface area contributed by atoms with Crippen LogP contribution in [0.1, 0.15) is 78.5 Å². The van der Waals surface area contributed by atoms with E-state index in [-0.39, 0.29) is 6.04 Å². The maximum absolute atomic E-state index is 10.8. The Morgan fingerprint density at radius 1 is 0.935 bits per heavy atom. The predicted octanol–water partition coefficient (Wildman–Crippen LogP) is 8.25. The number of rotatable bonds is 22. The molecule has 1 atom stereocenters. The van der Waals surface area contributed by atoms with Gasteiger partial charge in [0.25, 0.3) is 0 Å². The molecule has 0 fully saturated rings. The molecule has 0 aliphatic rings. The summed E-state index contributed by atoms with van der Waals surface area (Å²) in [5.74, 6) is 0.903. The van der Waals surface area contributed by atoms with E-state index in [9.17, 15) is 4.79 Å². The van der Waals surface area contributed by atoms with E-state index in [4.69, 9.17) is 4.74 Å². The Kier molecular flexibility index (Phi) is 14.3. The largest absolute Gasteiger partial charge is 0.496 e. The van der Waals surface area contributed by atoms with Crippen LogP contribution < -0.4 is 10.1 Å². The molecule has 4 aromatic rings. The number of aryl methyl sites for hydroxylation is 3. The number of nitrogens with one attached hydrogen (secondary N) is 2. The third kappa shape index (κ3) is 10.3. The first-order valence-electron chi connectivity index (χ1n) is 16.9. The van der Waals surface area contributed by atoms with Crippen molar-refractivity contribution in [2.75, 3.05) is 20.7 Å². The molecule has 0 amide bonds. The minimum atomic E-state index is 0.187. The van der Waals surface area contributed by atoms with Crippen molar-refractivity contribution >= 4 is 23.3 Å². The van der Waals surface area contributed by atoms with E-state index in [0.717, 1.165) is 68.6 Å². The van der Waals surface area contributed by atoms with Crippen molar-refractivity contribution < 1.29 is 9.53 Å². The number of nitrogens with zero attached hydrogens (tertiary/aromatic N) is 2. The van der Waals surface area contributed by atoms with Crippen molar-refractivity contribution in [2.45, 2.75) is 83.3 Å². The minimum absolute atomic E-state index is 0.187. The molecule has 244 valence electrons. The maximum atomic E-state index is 10.8. The summed E-state index contributed by atoms with van der Waals surface area (Å²) in [4.78, 5) is 13.1. The number of ether oxygens (including phenoxy) is 1. The number of fused-ring (bicyclic) bond motifs is 1. The molecule has 0 aliphatic carbocycles. The molecule has 1 unspecified atom stereocenters. The Bertz CT molecular complexity index is 1530. The SMILES string of the molecule is C=Cc1ccc(CCCCCCCNCc2[nH]nc3cc(OC)c(CCc4ccccc4)cc23)cc1CN(C)C(C=C)CCC=O. The first-order valence-corrected chi connectivity index (χ1v) is 16.9. The molecule has 0 bridgehead atoms. The van der Waals surface area contributed by atoms with Gasteiger partial charge in [0, 0.05) is 37.0 Å². The highest BCUT2D eigenvalue weighted by Gasteiger charge is 2.14. The average molecular weight is 621 g/mol. The van der Waals surface area contributed by atoms with E-state index in [1.165, 1.54) is 65.3 Å². The van der Waals surface area contributed by atoms with Gasteiger partial charge in [0.05, 0.1) is 18.3 Å². The topological polar surface area (TPSA) is 70.2 Å². The second-order valence-corrected chi connectivity index (χ2v) is 12.3. The molecule has 2 N–H and O–H groups in total. The smallest absolute Gasteiger partial charge is 0.124 e. The summed E-state index contributed by atoms with van der Waals surface area (Å²) in [6.07, 6.45) is 15.3. The Labute approximate surface area is 275 Å².